The third-order valence-corrected chi connectivity index (χ3v) is 8.07. The summed E-state index contributed by atoms with van der Waals surface area (Å²) in [6.07, 6.45) is -3.36. The molecule has 3 aromatic carbocycles. The van der Waals surface area contributed by atoms with Crippen molar-refractivity contribution in [1.29, 1.82) is 0 Å². The zero-order chi connectivity index (χ0) is 35.3. The van der Waals surface area contributed by atoms with Crippen molar-refractivity contribution in [2.24, 2.45) is 0 Å². The SMILES string of the molecule is CO[C@H]1O[C@H](COC2(O)C=C[C@H](OC(C)=O)[C@@H](COC(C)=O)O2)[C@@H](OCc2ccccc2)[C@H](OCc2ccccc2)[C@@H]1OCc1ccccc1. The summed E-state index contributed by atoms with van der Waals surface area (Å²) in [7, 11) is 1.51. The van der Waals surface area contributed by atoms with Crippen LogP contribution in [0.4, 0.5) is 0 Å². The Hall–Kier alpha value is -3.98. The first kappa shape index (κ1) is 37.3. The normalized spacial score (nSPS) is 27.8. The van der Waals surface area contributed by atoms with E-state index in [1.807, 2.05) is 91.0 Å². The van der Waals surface area contributed by atoms with Gasteiger partial charge in [0.15, 0.2) is 6.29 Å². The van der Waals surface area contributed by atoms with E-state index in [9.17, 15) is 14.7 Å². The molecule has 50 heavy (non-hydrogen) atoms. The van der Waals surface area contributed by atoms with E-state index in [-0.39, 0.29) is 33.0 Å². The number of hydrogen-bond donors (Lipinski definition) is 1. The van der Waals surface area contributed by atoms with Gasteiger partial charge in [-0.25, -0.2) is 0 Å². The number of carbonyl (C=O) groups is 2. The lowest BCUT2D eigenvalue weighted by Gasteiger charge is -2.46. The summed E-state index contributed by atoms with van der Waals surface area (Å²) in [5, 5.41) is 11.4. The maximum Gasteiger partial charge on any atom is 0.303 e. The minimum absolute atomic E-state index is 0.217. The van der Waals surface area contributed by atoms with E-state index in [2.05, 4.69) is 0 Å². The maximum atomic E-state index is 11.7. The molecule has 0 aromatic heterocycles. The van der Waals surface area contributed by atoms with Crippen LogP contribution in [0.25, 0.3) is 0 Å². The Morgan fingerprint density at radius 2 is 1.22 bits per heavy atom. The zero-order valence-electron chi connectivity index (χ0n) is 28.3. The predicted octanol–water partition coefficient (Wildman–Crippen LogP) is 4.23. The predicted molar refractivity (Wildman–Crippen MR) is 178 cm³/mol. The summed E-state index contributed by atoms with van der Waals surface area (Å²) in [6.45, 7) is 2.65. The van der Waals surface area contributed by atoms with Crippen LogP contribution in [0.5, 0.6) is 0 Å². The molecule has 1 saturated heterocycles. The summed E-state index contributed by atoms with van der Waals surface area (Å²) in [5.74, 6) is -3.44. The molecule has 0 saturated carbocycles. The Kier molecular flexibility index (Phi) is 13.7. The van der Waals surface area contributed by atoms with Gasteiger partial charge in [0.1, 0.15) is 43.2 Å². The van der Waals surface area contributed by atoms with E-state index in [1.165, 1.54) is 33.1 Å². The van der Waals surface area contributed by atoms with Crippen molar-refractivity contribution in [3.05, 3.63) is 120 Å². The largest absolute Gasteiger partial charge is 0.463 e. The van der Waals surface area contributed by atoms with Gasteiger partial charge in [-0.15, -0.1) is 0 Å². The van der Waals surface area contributed by atoms with Crippen molar-refractivity contribution in [2.45, 2.75) is 82.6 Å². The number of esters is 2. The van der Waals surface area contributed by atoms with E-state index in [1.54, 1.807) is 0 Å². The van der Waals surface area contributed by atoms with Crippen LogP contribution in [0.2, 0.25) is 0 Å². The van der Waals surface area contributed by atoms with Crippen LogP contribution in [0.15, 0.2) is 103 Å². The highest BCUT2D eigenvalue weighted by molar-refractivity contribution is 5.67. The molecular weight excluding hydrogens is 648 g/mol. The fourth-order valence-electron chi connectivity index (χ4n) is 5.65. The second kappa shape index (κ2) is 18.3. The van der Waals surface area contributed by atoms with E-state index >= 15 is 0 Å². The van der Waals surface area contributed by atoms with Gasteiger partial charge in [-0.1, -0.05) is 91.0 Å². The molecule has 0 aliphatic carbocycles. The van der Waals surface area contributed by atoms with Crippen LogP contribution < -0.4 is 0 Å². The number of ether oxygens (including phenoxy) is 9. The lowest BCUT2D eigenvalue weighted by Crippen LogP contribution is -2.62. The first-order chi connectivity index (χ1) is 24.2. The lowest BCUT2D eigenvalue weighted by atomic mass is 9.97. The summed E-state index contributed by atoms with van der Waals surface area (Å²) in [6, 6.07) is 29.1. The summed E-state index contributed by atoms with van der Waals surface area (Å²) < 4.78 is 54.0. The van der Waals surface area contributed by atoms with Crippen LogP contribution >= 0.6 is 0 Å². The lowest BCUT2D eigenvalue weighted by molar-refractivity contribution is -0.379. The average molecular weight is 693 g/mol. The number of benzene rings is 3. The number of methoxy groups -OCH3 is 1. The van der Waals surface area contributed by atoms with Gasteiger partial charge < -0.3 is 47.7 Å². The van der Waals surface area contributed by atoms with E-state index in [0.29, 0.717) is 0 Å². The Bertz CT molecular complexity index is 1500. The first-order valence-electron chi connectivity index (χ1n) is 16.4. The van der Waals surface area contributed by atoms with Crippen LogP contribution in [0.1, 0.15) is 30.5 Å². The highest BCUT2D eigenvalue weighted by atomic mass is 16.8. The van der Waals surface area contributed by atoms with Crippen molar-refractivity contribution in [3.8, 4) is 0 Å². The Morgan fingerprint density at radius 3 is 1.72 bits per heavy atom. The molecule has 1 N–H and O–H groups in total. The van der Waals surface area contributed by atoms with Gasteiger partial charge >= 0.3 is 17.9 Å². The highest BCUT2D eigenvalue weighted by Gasteiger charge is 2.50. The van der Waals surface area contributed by atoms with Crippen LogP contribution in [-0.2, 0) is 72.0 Å². The van der Waals surface area contributed by atoms with Crippen molar-refractivity contribution < 1.29 is 57.3 Å². The molecule has 0 radical (unpaired) electrons. The quantitative estimate of drug-likeness (QED) is 0.131. The molecule has 0 spiro atoms. The Balaban J connectivity index is 1.40. The van der Waals surface area contributed by atoms with E-state index in [4.69, 9.17) is 42.6 Å². The Labute approximate surface area is 291 Å². The molecule has 0 bridgehead atoms. The number of rotatable bonds is 16. The molecule has 8 atom stereocenters. The molecule has 3 aromatic rings. The van der Waals surface area contributed by atoms with Crippen LogP contribution in [-0.4, -0.2) is 86.3 Å². The fraction of sp³-hybridized carbons (Fsp3) is 0.421. The molecule has 12 heteroatoms. The van der Waals surface area contributed by atoms with E-state index in [0.717, 1.165) is 16.7 Å². The first-order valence-corrected chi connectivity index (χ1v) is 16.4. The molecule has 0 amide bonds. The van der Waals surface area contributed by atoms with Crippen molar-refractivity contribution >= 4 is 11.9 Å². The third kappa shape index (κ3) is 10.8. The molecular formula is C38H44O12. The zero-order valence-corrected chi connectivity index (χ0v) is 28.3. The molecule has 2 aliphatic heterocycles. The minimum atomic E-state index is -2.29. The molecule has 1 unspecified atom stereocenters. The van der Waals surface area contributed by atoms with Gasteiger partial charge in [0.2, 0.25) is 0 Å². The summed E-state index contributed by atoms with van der Waals surface area (Å²) >= 11 is 0. The molecule has 5 rings (SSSR count). The average Bonchev–Trinajstić information content (AvgIpc) is 3.12. The molecule has 2 aliphatic rings. The van der Waals surface area contributed by atoms with E-state index < -0.39 is 60.8 Å². The van der Waals surface area contributed by atoms with Gasteiger partial charge in [-0.3, -0.25) is 9.59 Å². The molecule has 1 fully saturated rings. The molecule has 12 nitrogen and oxygen atoms in total. The van der Waals surface area contributed by atoms with Crippen molar-refractivity contribution in [1.82, 2.24) is 0 Å². The summed E-state index contributed by atoms with van der Waals surface area (Å²) in [4.78, 5) is 23.2. The third-order valence-electron chi connectivity index (χ3n) is 8.07. The van der Waals surface area contributed by atoms with Crippen molar-refractivity contribution in [3.63, 3.8) is 0 Å². The van der Waals surface area contributed by atoms with Gasteiger partial charge in [-0.2, -0.15) is 0 Å². The van der Waals surface area contributed by atoms with Crippen LogP contribution in [0.3, 0.4) is 0 Å². The standard InChI is InChI=1S/C38H44O12/c1-26(39)43-24-32-31(48-27(2)40)19-20-38(41,50-32)47-25-33-34(44-21-28-13-7-4-8-14-28)35(45-22-29-15-9-5-10-16-29)36(37(42-3)49-33)46-23-30-17-11-6-12-18-30/h4-20,31-37,41H,21-25H2,1-3H3/t31-,32+,33+,34+,35-,36-,37-,38?/m0/s1. The number of hydrogen-bond acceptors (Lipinski definition) is 12. The van der Waals surface area contributed by atoms with Crippen molar-refractivity contribution in [2.75, 3.05) is 20.3 Å². The monoisotopic (exact) mass is 692 g/mol. The van der Waals surface area contributed by atoms with Gasteiger partial charge in [0.05, 0.1) is 26.4 Å². The van der Waals surface area contributed by atoms with Gasteiger partial charge in [0.25, 0.3) is 0 Å². The number of carbonyl (C=O) groups excluding carboxylic acids is 2. The molecule has 268 valence electrons. The fourth-order valence-corrected chi connectivity index (χ4v) is 5.65. The Morgan fingerprint density at radius 1 is 0.700 bits per heavy atom. The minimum Gasteiger partial charge on any atom is -0.463 e. The maximum absolute atomic E-state index is 11.7. The smallest absolute Gasteiger partial charge is 0.303 e. The highest BCUT2D eigenvalue weighted by Crippen LogP contribution is 2.33. The van der Waals surface area contributed by atoms with Crippen LogP contribution in [0, 0.1) is 0 Å². The van der Waals surface area contributed by atoms with Gasteiger partial charge in [0, 0.05) is 27.0 Å². The second-order valence-electron chi connectivity index (χ2n) is 11.9. The summed E-state index contributed by atoms with van der Waals surface area (Å²) in [5.41, 5.74) is 2.82. The number of aliphatic hydroxyl groups is 1. The second-order valence-corrected chi connectivity index (χ2v) is 11.9. The topological polar surface area (TPSA) is 137 Å². The molecule has 2 heterocycles. The van der Waals surface area contributed by atoms with Gasteiger partial charge in [-0.05, 0) is 22.8 Å².